The quantitative estimate of drug-likeness (QED) is 0.855. The van der Waals surface area contributed by atoms with Crippen LogP contribution < -0.4 is 11.1 Å². The highest BCUT2D eigenvalue weighted by molar-refractivity contribution is 5.96. The molecule has 1 heterocycles. The molecule has 0 aliphatic carbocycles. The lowest BCUT2D eigenvalue weighted by molar-refractivity contribution is -0.125. The van der Waals surface area contributed by atoms with Crippen molar-refractivity contribution >= 4 is 11.6 Å². The number of carbonyl (C=O) groups is 1. The molecule has 2 rings (SSSR count). The lowest BCUT2D eigenvalue weighted by Crippen LogP contribution is -2.47. The molecule has 104 valence electrons. The largest absolute Gasteiger partial charge is 0.380 e. The second-order valence-corrected chi connectivity index (χ2v) is 5.08. The Kier molecular flexibility index (Phi) is 4.19. The zero-order chi connectivity index (χ0) is 13.9. The Morgan fingerprint density at radius 2 is 2.32 bits per heavy atom. The van der Waals surface area contributed by atoms with Crippen molar-refractivity contribution in [1.29, 1.82) is 0 Å². The number of amides is 1. The molecule has 5 heteroatoms. The first-order chi connectivity index (χ1) is 9.08. The molecule has 0 aromatic heterocycles. The number of nitrogens with two attached hydrogens (primary N) is 1. The first-order valence-electron chi connectivity index (χ1n) is 6.29. The number of ether oxygens (including phenoxy) is 2. The highest BCUT2D eigenvalue weighted by atomic mass is 16.5. The van der Waals surface area contributed by atoms with Crippen molar-refractivity contribution in [1.82, 2.24) is 0 Å². The molecule has 1 saturated heterocycles. The molecule has 1 amide bonds. The summed E-state index contributed by atoms with van der Waals surface area (Å²) >= 11 is 0. The van der Waals surface area contributed by atoms with Gasteiger partial charge in [-0.05, 0) is 13.0 Å². The Morgan fingerprint density at radius 3 is 2.95 bits per heavy atom. The molecule has 0 bridgehead atoms. The maximum Gasteiger partial charge on any atom is 0.234 e. The van der Waals surface area contributed by atoms with E-state index in [-0.39, 0.29) is 11.9 Å². The van der Waals surface area contributed by atoms with E-state index in [0.717, 1.165) is 11.3 Å². The van der Waals surface area contributed by atoms with Gasteiger partial charge in [-0.2, -0.15) is 0 Å². The average molecular weight is 264 g/mol. The van der Waals surface area contributed by atoms with Crippen LogP contribution in [0.3, 0.4) is 0 Å². The first-order valence-corrected chi connectivity index (χ1v) is 6.29. The minimum atomic E-state index is -0.680. The minimum Gasteiger partial charge on any atom is -0.380 e. The zero-order valence-corrected chi connectivity index (χ0v) is 11.3. The molecule has 1 aliphatic heterocycles. The van der Waals surface area contributed by atoms with Crippen LogP contribution in [-0.2, 0) is 20.9 Å². The summed E-state index contributed by atoms with van der Waals surface area (Å²) in [7, 11) is 1.63. The van der Waals surface area contributed by atoms with Crippen molar-refractivity contribution in [3.8, 4) is 0 Å². The van der Waals surface area contributed by atoms with E-state index in [1.807, 2.05) is 31.2 Å². The Bertz CT molecular complexity index is 464. The van der Waals surface area contributed by atoms with E-state index >= 15 is 0 Å². The van der Waals surface area contributed by atoms with Crippen LogP contribution in [0, 0.1) is 5.41 Å². The molecule has 3 N–H and O–H groups in total. The van der Waals surface area contributed by atoms with Crippen LogP contribution in [0.5, 0.6) is 0 Å². The molecule has 2 atom stereocenters. The van der Waals surface area contributed by atoms with E-state index in [0.29, 0.717) is 19.8 Å². The molecular formula is C14H20N2O3. The Morgan fingerprint density at radius 1 is 1.58 bits per heavy atom. The molecular weight excluding hydrogens is 244 g/mol. The number of hydrogen-bond donors (Lipinski definition) is 2. The molecule has 19 heavy (non-hydrogen) atoms. The standard InChI is InChI=1S/C14H20N2O3/c1-14(9-19-8-12(14)15)13(17)16-11-6-4-3-5-10(11)7-18-2/h3-6,12H,7-9,15H2,1-2H3,(H,16,17). The number of rotatable bonds is 4. The molecule has 1 fully saturated rings. The van der Waals surface area contributed by atoms with Gasteiger partial charge in [-0.25, -0.2) is 0 Å². The third kappa shape index (κ3) is 2.78. The van der Waals surface area contributed by atoms with Gasteiger partial charge in [0, 0.05) is 24.4 Å². The van der Waals surface area contributed by atoms with Gasteiger partial charge in [-0.1, -0.05) is 18.2 Å². The SMILES string of the molecule is COCc1ccccc1NC(=O)C1(C)COCC1N. The van der Waals surface area contributed by atoms with Gasteiger partial charge in [-0.3, -0.25) is 4.79 Å². The van der Waals surface area contributed by atoms with Crippen molar-refractivity contribution < 1.29 is 14.3 Å². The lowest BCUT2D eigenvalue weighted by atomic mass is 9.84. The topological polar surface area (TPSA) is 73.6 Å². The number of anilines is 1. The Hall–Kier alpha value is -1.43. The molecule has 0 spiro atoms. The van der Waals surface area contributed by atoms with Gasteiger partial charge in [0.2, 0.25) is 5.91 Å². The monoisotopic (exact) mass is 264 g/mol. The third-order valence-corrected chi connectivity index (χ3v) is 3.60. The number of para-hydroxylation sites is 1. The normalized spacial score (nSPS) is 26.4. The van der Waals surface area contributed by atoms with Gasteiger partial charge in [-0.15, -0.1) is 0 Å². The van der Waals surface area contributed by atoms with Crippen molar-refractivity contribution in [2.24, 2.45) is 11.1 Å². The zero-order valence-electron chi connectivity index (χ0n) is 11.3. The fraction of sp³-hybridized carbons (Fsp3) is 0.500. The highest BCUT2D eigenvalue weighted by Crippen LogP contribution is 2.29. The number of hydrogen-bond acceptors (Lipinski definition) is 4. The Balaban J connectivity index is 2.15. The molecule has 1 aromatic carbocycles. The summed E-state index contributed by atoms with van der Waals surface area (Å²) in [6.07, 6.45) is 0. The van der Waals surface area contributed by atoms with E-state index in [2.05, 4.69) is 5.32 Å². The number of carbonyl (C=O) groups excluding carboxylic acids is 1. The highest BCUT2D eigenvalue weighted by Gasteiger charge is 2.44. The van der Waals surface area contributed by atoms with Crippen molar-refractivity contribution in [2.75, 3.05) is 25.6 Å². The van der Waals surface area contributed by atoms with Gasteiger partial charge in [0.15, 0.2) is 0 Å². The van der Waals surface area contributed by atoms with E-state index in [1.54, 1.807) is 7.11 Å². The summed E-state index contributed by atoms with van der Waals surface area (Å²) in [4.78, 5) is 12.4. The van der Waals surface area contributed by atoms with Gasteiger partial charge >= 0.3 is 0 Å². The van der Waals surface area contributed by atoms with Gasteiger partial charge in [0.05, 0.1) is 25.2 Å². The van der Waals surface area contributed by atoms with Crippen LogP contribution in [0.4, 0.5) is 5.69 Å². The summed E-state index contributed by atoms with van der Waals surface area (Å²) in [6.45, 7) is 3.06. The minimum absolute atomic E-state index is 0.110. The van der Waals surface area contributed by atoms with Gasteiger partial charge in [0.1, 0.15) is 0 Å². The summed E-state index contributed by atoms with van der Waals surface area (Å²) in [5.74, 6) is -0.110. The predicted octanol–water partition coefficient (Wildman–Crippen LogP) is 1.14. The molecule has 2 unspecified atom stereocenters. The van der Waals surface area contributed by atoms with Crippen molar-refractivity contribution in [3.05, 3.63) is 29.8 Å². The molecule has 0 radical (unpaired) electrons. The summed E-state index contributed by atoms with van der Waals surface area (Å²) in [6, 6.07) is 7.30. The van der Waals surface area contributed by atoms with Crippen LogP contribution in [0.2, 0.25) is 0 Å². The summed E-state index contributed by atoms with van der Waals surface area (Å²) in [5.41, 5.74) is 6.97. The van der Waals surface area contributed by atoms with Crippen molar-refractivity contribution in [2.45, 2.75) is 19.6 Å². The number of benzene rings is 1. The lowest BCUT2D eigenvalue weighted by Gasteiger charge is -2.26. The predicted molar refractivity (Wildman–Crippen MR) is 72.7 cm³/mol. The third-order valence-electron chi connectivity index (χ3n) is 3.60. The van der Waals surface area contributed by atoms with Gasteiger partial charge in [0.25, 0.3) is 0 Å². The summed E-state index contributed by atoms with van der Waals surface area (Å²) < 4.78 is 10.4. The smallest absolute Gasteiger partial charge is 0.234 e. The maximum absolute atomic E-state index is 12.4. The second kappa shape index (κ2) is 5.69. The number of nitrogens with one attached hydrogen (secondary N) is 1. The Labute approximate surface area is 113 Å². The van der Waals surface area contributed by atoms with Crippen LogP contribution >= 0.6 is 0 Å². The summed E-state index contributed by atoms with van der Waals surface area (Å²) in [5, 5.41) is 2.93. The fourth-order valence-electron chi connectivity index (χ4n) is 2.11. The van der Waals surface area contributed by atoms with Crippen molar-refractivity contribution in [3.63, 3.8) is 0 Å². The van der Waals surface area contributed by atoms with E-state index in [9.17, 15) is 4.79 Å². The van der Waals surface area contributed by atoms with Crippen LogP contribution in [-0.4, -0.2) is 32.3 Å². The fourth-order valence-corrected chi connectivity index (χ4v) is 2.11. The van der Waals surface area contributed by atoms with Gasteiger partial charge < -0.3 is 20.5 Å². The van der Waals surface area contributed by atoms with Crippen LogP contribution in [0.1, 0.15) is 12.5 Å². The van der Waals surface area contributed by atoms with E-state index in [1.165, 1.54) is 0 Å². The van der Waals surface area contributed by atoms with E-state index in [4.69, 9.17) is 15.2 Å². The van der Waals surface area contributed by atoms with Crippen LogP contribution in [0.25, 0.3) is 0 Å². The maximum atomic E-state index is 12.4. The van der Waals surface area contributed by atoms with Crippen LogP contribution in [0.15, 0.2) is 24.3 Å². The number of methoxy groups -OCH3 is 1. The second-order valence-electron chi connectivity index (χ2n) is 5.08. The molecule has 0 saturated carbocycles. The molecule has 5 nitrogen and oxygen atoms in total. The first kappa shape index (κ1) is 14.0. The van der Waals surface area contributed by atoms with E-state index < -0.39 is 5.41 Å². The molecule has 1 aromatic rings. The average Bonchev–Trinajstić information content (AvgIpc) is 2.74. The molecule has 1 aliphatic rings.